The van der Waals surface area contributed by atoms with Crippen molar-refractivity contribution in [2.75, 3.05) is 18.0 Å². The number of hydrogen-bond acceptors (Lipinski definition) is 8. The largest absolute Gasteiger partial charge is 0.490 e. The second-order valence-corrected chi connectivity index (χ2v) is 9.15. The Kier molecular flexibility index (Phi) is 15.0. The number of aryl methyl sites for hydroxylation is 1. The number of alkyl halides is 9. The summed E-state index contributed by atoms with van der Waals surface area (Å²) in [4.78, 5) is 45.0. The number of anilines is 1. The van der Waals surface area contributed by atoms with Crippen molar-refractivity contribution in [3.05, 3.63) is 83.6 Å². The lowest BCUT2D eigenvalue weighted by molar-refractivity contribution is -0.193. The lowest BCUT2D eigenvalue weighted by atomic mass is 10.2. The van der Waals surface area contributed by atoms with Crippen LogP contribution in [0.1, 0.15) is 22.5 Å². The molecule has 0 unspecified atom stereocenters. The van der Waals surface area contributed by atoms with Gasteiger partial charge in [0, 0.05) is 62.6 Å². The molecular weight excluding hydrogens is 661 g/mol. The smallest absolute Gasteiger partial charge is 0.475 e. The van der Waals surface area contributed by atoms with Gasteiger partial charge in [0.1, 0.15) is 5.82 Å². The molecule has 1 aliphatic rings. The van der Waals surface area contributed by atoms with E-state index >= 15 is 0 Å². The van der Waals surface area contributed by atoms with E-state index in [0.717, 1.165) is 49.9 Å². The van der Waals surface area contributed by atoms with Crippen LogP contribution in [0.3, 0.4) is 0 Å². The van der Waals surface area contributed by atoms with Gasteiger partial charge in [0.2, 0.25) is 0 Å². The summed E-state index contributed by atoms with van der Waals surface area (Å²) < 4.78 is 95.2. The van der Waals surface area contributed by atoms with Crippen molar-refractivity contribution in [2.24, 2.45) is 0 Å². The van der Waals surface area contributed by atoms with Crippen LogP contribution in [0.5, 0.6) is 0 Å². The summed E-state index contributed by atoms with van der Waals surface area (Å²) in [6.07, 6.45) is -9.67. The molecule has 11 nitrogen and oxygen atoms in total. The summed E-state index contributed by atoms with van der Waals surface area (Å²) in [7, 11) is 0. The van der Waals surface area contributed by atoms with Gasteiger partial charge in [-0.2, -0.15) is 39.5 Å². The molecule has 0 saturated carbocycles. The van der Waals surface area contributed by atoms with Gasteiger partial charge in [0.15, 0.2) is 0 Å². The topological polar surface area (TPSA) is 157 Å². The predicted molar refractivity (Wildman–Crippen MR) is 144 cm³/mol. The van der Waals surface area contributed by atoms with Crippen LogP contribution >= 0.6 is 0 Å². The van der Waals surface area contributed by atoms with Crippen LogP contribution in [0.4, 0.5) is 45.3 Å². The van der Waals surface area contributed by atoms with Gasteiger partial charge in [-0.05, 0) is 42.8 Å². The van der Waals surface area contributed by atoms with Crippen LogP contribution in [0, 0.1) is 6.92 Å². The molecule has 0 amide bonds. The van der Waals surface area contributed by atoms with Crippen molar-refractivity contribution in [3.8, 4) is 0 Å². The SMILES string of the molecule is Cc1cccc(CN2CCN(Cc3ccncc3)c3ncccc3C2)n1.O=C(O)C(F)(F)F.O=C(O)C(F)(F)F.O=C(O)C(F)(F)F. The average molecular weight is 688 g/mol. The first-order chi connectivity index (χ1) is 21.6. The minimum absolute atomic E-state index is 0.850. The predicted octanol–water partition coefficient (Wildman–Crippen LogP) is 5.10. The molecule has 4 heterocycles. The highest BCUT2D eigenvalue weighted by atomic mass is 19.4. The summed E-state index contributed by atoms with van der Waals surface area (Å²) in [5.74, 6) is -7.18. The lowest BCUT2D eigenvalue weighted by Gasteiger charge is -2.24. The van der Waals surface area contributed by atoms with Crippen molar-refractivity contribution in [2.45, 2.75) is 45.1 Å². The first-order valence-electron chi connectivity index (χ1n) is 12.7. The molecule has 3 aromatic rings. The molecule has 4 rings (SSSR count). The number of carboxylic acid groups (broad SMARTS) is 3. The Morgan fingerprint density at radius 1 is 0.723 bits per heavy atom. The second kappa shape index (κ2) is 17.6. The van der Waals surface area contributed by atoms with E-state index in [2.05, 4.69) is 55.1 Å². The number of halogens is 9. The third kappa shape index (κ3) is 15.7. The molecule has 0 aliphatic carbocycles. The standard InChI is InChI=1S/C21H23N5.3C2HF3O2/c1-17-4-2-6-20(24-17)16-25-12-13-26(14-18-7-10-22-11-8-18)21-19(15-25)5-3-9-23-21;3*3-2(4,5)1(6)7/h2-11H,12-16H2,1H3;3*(H,6,7). The first-order valence-corrected chi connectivity index (χ1v) is 12.7. The third-order valence-electron chi connectivity index (χ3n) is 5.43. The Morgan fingerprint density at radius 3 is 1.70 bits per heavy atom. The quantitative estimate of drug-likeness (QED) is 0.314. The number of rotatable bonds is 4. The van der Waals surface area contributed by atoms with Crippen molar-refractivity contribution in [3.63, 3.8) is 0 Å². The molecule has 3 aromatic heterocycles. The Bertz CT molecular complexity index is 1400. The minimum atomic E-state index is -5.08. The molecule has 0 radical (unpaired) electrons. The van der Waals surface area contributed by atoms with E-state index in [1.807, 2.05) is 37.6 Å². The highest BCUT2D eigenvalue weighted by Crippen LogP contribution is 2.25. The molecule has 20 heteroatoms. The van der Waals surface area contributed by atoms with E-state index in [0.29, 0.717) is 0 Å². The average Bonchev–Trinajstić information content (AvgIpc) is 3.12. The fraction of sp³-hybridized carbons (Fsp3) is 0.333. The zero-order valence-corrected chi connectivity index (χ0v) is 24.0. The lowest BCUT2D eigenvalue weighted by Crippen LogP contribution is -2.31. The summed E-state index contributed by atoms with van der Waals surface area (Å²) in [6.45, 7) is 6.57. The number of aromatic nitrogens is 3. The van der Waals surface area contributed by atoms with Crippen LogP contribution in [-0.4, -0.2) is 84.7 Å². The van der Waals surface area contributed by atoms with Gasteiger partial charge in [-0.3, -0.25) is 14.9 Å². The van der Waals surface area contributed by atoms with Gasteiger partial charge in [-0.15, -0.1) is 0 Å². The molecule has 0 bridgehead atoms. The highest BCUT2D eigenvalue weighted by Gasteiger charge is 2.39. The molecule has 3 N–H and O–H groups in total. The Morgan fingerprint density at radius 2 is 1.23 bits per heavy atom. The normalized spacial score (nSPS) is 13.2. The van der Waals surface area contributed by atoms with E-state index in [-0.39, 0.29) is 0 Å². The number of pyridine rings is 3. The molecule has 258 valence electrons. The minimum Gasteiger partial charge on any atom is -0.475 e. The summed E-state index contributed by atoms with van der Waals surface area (Å²) in [5.41, 5.74) is 4.72. The number of hydrogen-bond donors (Lipinski definition) is 3. The van der Waals surface area contributed by atoms with Crippen LogP contribution in [0.2, 0.25) is 0 Å². The number of fused-ring (bicyclic) bond motifs is 1. The maximum absolute atomic E-state index is 10.6. The van der Waals surface area contributed by atoms with Crippen molar-refractivity contribution in [1.82, 2.24) is 19.9 Å². The third-order valence-corrected chi connectivity index (χ3v) is 5.43. The number of nitrogens with zero attached hydrogens (tertiary/aromatic N) is 5. The van der Waals surface area contributed by atoms with Gasteiger partial charge in [-0.25, -0.2) is 19.4 Å². The highest BCUT2D eigenvalue weighted by molar-refractivity contribution is 5.73. The van der Waals surface area contributed by atoms with Crippen LogP contribution < -0.4 is 4.90 Å². The van der Waals surface area contributed by atoms with Gasteiger partial charge in [0.05, 0.1) is 5.69 Å². The Balaban J connectivity index is 0.000000430. The van der Waals surface area contributed by atoms with Crippen molar-refractivity contribution >= 4 is 23.7 Å². The summed E-state index contributed by atoms with van der Waals surface area (Å²) in [6, 6.07) is 14.6. The van der Waals surface area contributed by atoms with Gasteiger partial charge < -0.3 is 20.2 Å². The van der Waals surface area contributed by atoms with Gasteiger partial charge in [-0.1, -0.05) is 12.1 Å². The van der Waals surface area contributed by atoms with Crippen molar-refractivity contribution in [1.29, 1.82) is 0 Å². The molecular formula is C27H26F9N5O6. The second-order valence-electron chi connectivity index (χ2n) is 9.15. The van der Waals surface area contributed by atoms with E-state index in [9.17, 15) is 39.5 Å². The molecule has 0 spiro atoms. The monoisotopic (exact) mass is 687 g/mol. The number of carbonyl (C=O) groups is 3. The van der Waals surface area contributed by atoms with E-state index in [4.69, 9.17) is 29.7 Å². The number of carboxylic acids is 3. The fourth-order valence-electron chi connectivity index (χ4n) is 3.44. The van der Waals surface area contributed by atoms with E-state index < -0.39 is 36.4 Å². The molecule has 47 heavy (non-hydrogen) atoms. The van der Waals surface area contributed by atoms with Crippen molar-refractivity contribution < 1.29 is 69.2 Å². The van der Waals surface area contributed by atoms with Crippen LogP contribution in [-0.2, 0) is 34.0 Å². The maximum atomic E-state index is 10.6. The Hall–Kier alpha value is -5.01. The van der Waals surface area contributed by atoms with E-state index in [1.165, 1.54) is 11.1 Å². The molecule has 0 saturated heterocycles. The number of aliphatic carboxylic acids is 3. The Labute approximate surface area is 259 Å². The summed E-state index contributed by atoms with van der Waals surface area (Å²) in [5, 5.41) is 21.4. The van der Waals surface area contributed by atoms with Gasteiger partial charge >= 0.3 is 36.4 Å². The first kappa shape index (κ1) is 40.0. The zero-order valence-electron chi connectivity index (χ0n) is 24.0. The molecule has 1 aliphatic heterocycles. The van der Waals surface area contributed by atoms with Crippen LogP contribution in [0.25, 0.3) is 0 Å². The van der Waals surface area contributed by atoms with Gasteiger partial charge in [0.25, 0.3) is 0 Å². The van der Waals surface area contributed by atoms with Crippen LogP contribution in [0.15, 0.2) is 61.1 Å². The van der Waals surface area contributed by atoms with E-state index in [1.54, 1.807) is 0 Å². The fourth-order valence-corrected chi connectivity index (χ4v) is 3.44. The summed E-state index contributed by atoms with van der Waals surface area (Å²) >= 11 is 0. The zero-order chi connectivity index (χ0) is 36.0. The molecule has 0 atom stereocenters. The maximum Gasteiger partial charge on any atom is 0.490 e. The molecule has 0 fully saturated rings. The molecule has 0 aromatic carbocycles.